The number of nitrogens with zero attached hydrogens (tertiary/aromatic N) is 2. The summed E-state index contributed by atoms with van der Waals surface area (Å²) in [4.78, 5) is 10.5. The van der Waals surface area contributed by atoms with Crippen LogP contribution in [0.15, 0.2) is 11.2 Å². The van der Waals surface area contributed by atoms with Crippen LogP contribution in [0.4, 0.5) is 0 Å². The van der Waals surface area contributed by atoms with Gasteiger partial charge in [-0.05, 0) is 57.3 Å². The van der Waals surface area contributed by atoms with Crippen molar-refractivity contribution >= 4 is 17.3 Å². The maximum absolute atomic E-state index is 4.85. The van der Waals surface area contributed by atoms with Crippen LogP contribution in [0.25, 0.3) is 0 Å². The molecule has 0 amide bonds. The molecule has 2 fully saturated rings. The van der Waals surface area contributed by atoms with Gasteiger partial charge in [0, 0.05) is 37.1 Å². The Kier molecular flexibility index (Phi) is 5.34. The lowest BCUT2D eigenvalue weighted by molar-refractivity contribution is 0.417. The molecule has 0 unspecified atom stereocenters. The summed E-state index contributed by atoms with van der Waals surface area (Å²) >= 11 is 1.78. The predicted molar refractivity (Wildman–Crippen MR) is 93.5 cm³/mol. The van der Waals surface area contributed by atoms with Gasteiger partial charge in [-0.25, -0.2) is 4.98 Å². The van der Waals surface area contributed by atoms with E-state index in [2.05, 4.69) is 29.5 Å². The second-order valence-electron chi connectivity index (χ2n) is 6.60. The molecule has 2 saturated carbocycles. The summed E-state index contributed by atoms with van der Waals surface area (Å²) < 4.78 is 0. The summed E-state index contributed by atoms with van der Waals surface area (Å²) in [6.07, 6.45) is 8.66. The Morgan fingerprint density at radius 1 is 1.32 bits per heavy atom. The first kappa shape index (κ1) is 15.8. The average molecular weight is 321 g/mol. The molecule has 0 bridgehead atoms. The van der Waals surface area contributed by atoms with Crippen LogP contribution in [0.1, 0.15) is 42.5 Å². The van der Waals surface area contributed by atoms with E-state index >= 15 is 0 Å². The van der Waals surface area contributed by atoms with Gasteiger partial charge in [-0.2, -0.15) is 0 Å². The molecule has 2 aliphatic carbocycles. The van der Waals surface area contributed by atoms with Gasteiger partial charge in [-0.1, -0.05) is 0 Å². The maximum atomic E-state index is 4.85. The van der Waals surface area contributed by atoms with E-state index in [1.54, 1.807) is 11.3 Å². The third-order valence-corrected chi connectivity index (χ3v) is 5.53. The Morgan fingerprint density at radius 3 is 2.59 bits per heavy atom. The quantitative estimate of drug-likeness (QED) is 0.572. The van der Waals surface area contributed by atoms with E-state index in [9.17, 15) is 0 Å². The van der Waals surface area contributed by atoms with Crippen molar-refractivity contribution < 1.29 is 0 Å². The number of hydrogen-bond donors (Lipinski definition) is 2. The van der Waals surface area contributed by atoms with Gasteiger partial charge in [-0.15, -0.1) is 11.3 Å². The first-order chi connectivity index (χ1) is 10.8. The van der Waals surface area contributed by atoms with Crippen LogP contribution in [0.2, 0.25) is 0 Å². The molecule has 2 aliphatic rings. The van der Waals surface area contributed by atoms with Crippen LogP contribution in [-0.2, 0) is 6.42 Å². The van der Waals surface area contributed by atoms with Crippen LogP contribution in [0.5, 0.6) is 0 Å². The van der Waals surface area contributed by atoms with E-state index in [1.165, 1.54) is 35.6 Å². The zero-order valence-electron chi connectivity index (χ0n) is 13.8. The van der Waals surface area contributed by atoms with Crippen LogP contribution in [0, 0.1) is 24.7 Å². The first-order valence-corrected chi connectivity index (χ1v) is 9.51. The van der Waals surface area contributed by atoms with Crippen LogP contribution in [-0.4, -0.2) is 30.6 Å². The molecule has 3 rings (SSSR count). The molecule has 0 atom stereocenters. The number of guanidine groups is 1. The van der Waals surface area contributed by atoms with Crippen molar-refractivity contribution in [2.45, 2.75) is 46.0 Å². The number of hydrogen-bond acceptors (Lipinski definition) is 3. The lowest BCUT2D eigenvalue weighted by atomic mass is 9.98. The molecule has 1 heterocycles. The summed E-state index contributed by atoms with van der Waals surface area (Å²) in [7, 11) is 0. The minimum Gasteiger partial charge on any atom is -0.357 e. The second kappa shape index (κ2) is 7.44. The number of aromatic nitrogens is 1. The summed E-state index contributed by atoms with van der Waals surface area (Å²) in [5.74, 6) is 3.76. The number of aryl methyl sites for hydroxylation is 1. The minimum atomic E-state index is 0.845. The molecule has 0 radical (unpaired) electrons. The molecule has 4 nitrogen and oxygen atoms in total. The Morgan fingerprint density at radius 2 is 2.05 bits per heavy atom. The molecule has 0 spiro atoms. The third kappa shape index (κ3) is 4.70. The Labute approximate surface area is 137 Å². The predicted octanol–water partition coefficient (Wildman–Crippen LogP) is 2.99. The van der Waals surface area contributed by atoms with E-state index in [-0.39, 0.29) is 0 Å². The highest BCUT2D eigenvalue weighted by molar-refractivity contribution is 7.11. The fourth-order valence-corrected chi connectivity index (χ4v) is 3.86. The van der Waals surface area contributed by atoms with Gasteiger partial charge < -0.3 is 10.6 Å². The van der Waals surface area contributed by atoms with Crippen LogP contribution in [0.3, 0.4) is 0 Å². The average Bonchev–Trinajstić information content (AvgIpc) is 3.40. The molecule has 1 aromatic heterocycles. The van der Waals surface area contributed by atoms with Gasteiger partial charge in [-0.3, -0.25) is 4.99 Å². The monoisotopic (exact) mass is 320 g/mol. The zero-order chi connectivity index (χ0) is 15.4. The molecule has 2 N–H and O–H groups in total. The smallest absolute Gasteiger partial charge is 0.191 e. The van der Waals surface area contributed by atoms with Crippen molar-refractivity contribution in [3.63, 3.8) is 0 Å². The summed E-state index contributed by atoms with van der Waals surface area (Å²) in [6, 6.07) is 0. The highest BCUT2D eigenvalue weighted by atomic mass is 32.1. The topological polar surface area (TPSA) is 49.3 Å². The molecule has 0 saturated heterocycles. The van der Waals surface area contributed by atoms with Gasteiger partial charge in [0.25, 0.3) is 0 Å². The van der Waals surface area contributed by atoms with Crippen molar-refractivity contribution in [3.8, 4) is 0 Å². The van der Waals surface area contributed by atoms with Gasteiger partial charge in [0.1, 0.15) is 0 Å². The molecule has 0 aliphatic heterocycles. The van der Waals surface area contributed by atoms with Gasteiger partial charge in [0.2, 0.25) is 0 Å². The van der Waals surface area contributed by atoms with E-state index in [0.29, 0.717) is 0 Å². The third-order valence-electron chi connectivity index (χ3n) is 4.56. The van der Waals surface area contributed by atoms with Gasteiger partial charge in [0.05, 0.1) is 5.01 Å². The van der Waals surface area contributed by atoms with E-state index in [0.717, 1.165) is 49.8 Å². The first-order valence-electron chi connectivity index (χ1n) is 8.69. The minimum absolute atomic E-state index is 0.845. The van der Waals surface area contributed by atoms with Crippen LogP contribution >= 0.6 is 11.3 Å². The standard InChI is InChI=1S/C17H28N4S/c1-3-18-17(19-9-8-16-20-10-12(2)22-16)21-11-15(13-4-5-13)14-6-7-14/h10,13-15H,3-9,11H2,1-2H3,(H2,18,19,21). The molecule has 22 heavy (non-hydrogen) atoms. The van der Waals surface area contributed by atoms with Crippen molar-refractivity contribution in [1.82, 2.24) is 15.6 Å². The van der Waals surface area contributed by atoms with Crippen LogP contribution < -0.4 is 10.6 Å². The molecular formula is C17H28N4S. The molecule has 1 aromatic rings. The number of aliphatic imine (C=N–C) groups is 1. The van der Waals surface area contributed by atoms with Crippen molar-refractivity contribution in [3.05, 3.63) is 16.1 Å². The lowest BCUT2D eigenvalue weighted by Crippen LogP contribution is -2.38. The molecule has 5 heteroatoms. The van der Waals surface area contributed by atoms with Crippen molar-refractivity contribution in [2.75, 3.05) is 19.6 Å². The van der Waals surface area contributed by atoms with Crippen molar-refractivity contribution in [2.24, 2.45) is 22.7 Å². The second-order valence-corrected chi connectivity index (χ2v) is 7.92. The Balaban J connectivity index is 1.46. The summed E-state index contributed by atoms with van der Waals surface area (Å²) in [5.41, 5.74) is 0. The fraction of sp³-hybridized carbons (Fsp3) is 0.765. The Hall–Kier alpha value is -1.10. The van der Waals surface area contributed by atoms with E-state index in [1.807, 2.05) is 6.20 Å². The highest BCUT2D eigenvalue weighted by Crippen LogP contribution is 2.49. The number of rotatable bonds is 8. The highest BCUT2D eigenvalue weighted by Gasteiger charge is 2.41. The largest absolute Gasteiger partial charge is 0.357 e. The molecule has 122 valence electrons. The Bertz CT molecular complexity index is 491. The number of thiazole rings is 1. The molecular weight excluding hydrogens is 292 g/mol. The maximum Gasteiger partial charge on any atom is 0.191 e. The van der Waals surface area contributed by atoms with E-state index < -0.39 is 0 Å². The van der Waals surface area contributed by atoms with E-state index in [4.69, 9.17) is 4.99 Å². The SMILES string of the molecule is CCNC(=NCC(C1CC1)C1CC1)NCCc1ncc(C)s1. The van der Waals surface area contributed by atoms with Crippen molar-refractivity contribution in [1.29, 1.82) is 0 Å². The fourth-order valence-electron chi connectivity index (χ4n) is 3.08. The normalized spacial score (nSPS) is 18.8. The molecule has 0 aromatic carbocycles. The lowest BCUT2D eigenvalue weighted by Gasteiger charge is -2.15. The summed E-state index contributed by atoms with van der Waals surface area (Å²) in [5, 5.41) is 8.03. The zero-order valence-corrected chi connectivity index (χ0v) is 14.6. The van der Waals surface area contributed by atoms with Gasteiger partial charge >= 0.3 is 0 Å². The number of nitrogens with one attached hydrogen (secondary N) is 2. The summed E-state index contributed by atoms with van der Waals surface area (Å²) in [6.45, 7) is 7.05. The van der Waals surface area contributed by atoms with Gasteiger partial charge in [0.15, 0.2) is 5.96 Å².